The molecule has 0 saturated carbocycles. The molecule has 8 nitrogen and oxygen atoms in total. The van der Waals surface area contributed by atoms with E-state index in [1.807, 2.05) is 18.2 Å². The maximum Gasteiger partial charge on any atom is 0.247 e. The number of nitrogens with one attached hydrogen (secondary N) is 2. The van der Waals surface area contributed by atoms with Gasteiger partial charge in [-0.05, 0) is 44.4 Å². The molecule has 1 atom stereocenters. The molecule has 1 aliphatic rings. The van der Waals surface area contributed by atoms with E-state index in [1.54, 1.807) is 19.9 Å². The van der Waals surface area contributed by atoms with Gasteiger partial charge < -0.3 is 24.6 Å². The average Bonchev–Trinajstić information content (AvgIpc) is 3.06. The van der Waals surface area contributed by atoms with Crippen molar-refractivity contribution >= 4 is 17.6 Å². The van der Waals surface area contributed by atoms with Crippen LogP contribution in [-0.4, -0.2) is 36.2 Å². The first-order valence-corrected chi connectivity index (χ1v) is 8.93. The van der Waals surface area contributed by atoms with E-state index in [4.69, 9.17) is 14.0 Å². The molecule has 8 heteroatoms. The molecule has 0 radical (unpaired) electrons. The summed E-state index contributed by atoms with van der Waals surface area (Å²) in [5.41, 5.74) is 1.08. The monoisotopic (exact) mass is 373 g/mol. The predicted octanol–water partition coefficient (Wildman–Crippen LogP) is 2.22. The van der Waals surface area contributed by atoms with Gasteiger partial charge >= 0.3 is 0 Å². The smallest absolute Gasteiger partial charge is 0.247 e. The van der Waals surface area contributed by atoms with Crippen molar-refractivity contribution in [2.45, 2.75) is 39.2 Å². The lowest BCUT2D eigenvalue weighted by Crippen LogP contribution is -2.41. The highest BCUT2D eigenvalue weighted by molar-refractivity contribution is 5.96. The van der Waals surface area contributed by atoms with Crippen LogP contribution in [0.5, 0.6) is 11.5 Å². The van der Waals surface area contributed by atoms with Crippen molar-refractivity contribution in [1.82, 2.24) is 10.5 Å². The molecule has 1 aromatic heterocycles. The van der Waals surface area contributed by atoms with Crippen LogP contribution in [0.2, 0.25) is 0 Å². The molecule has 0 fully saturated rings. The lowest BCUT2D eigenvalue weighted by molar-refractivity contribution is -0.126. The molecule has 0 unspecified atom stereocenters. The van der Waals surface area contributed by atoms with Gasteiger partial charge in [-0.2, -0.15) is 0 Å². The van der Waals surface area contributed by atoms with Gasteiger partial charge in [0.1, 0.15) is 25.0 Å². The normalized spacial score (nSPS) is 13.7. The number of hydrogen-bond donors (Lipinski definition) is 2. The molecule has 0 saturated heterocycles. The Hall–Kier alpha value is -3.03. The van der Waals surface area contributed by atoms with Crippen molar-refractivity contribution in [2.75, 3.05) is 18.5 Å². The largest absolute Gasteiger partial charge is 0.486 e. The Labute approximate surface area is 157 Å². The molecule has 0 spiro atoms. The third-order valence-corrected chi connectivity index (χ3v) is 4.13. The summed E-state index contributed by atoms with van der Waals surface area (Å²) in [5.74, 6) is 1.91. The van der Waals surface area contributed by atoms with Gasteiger partial charge in [0.05, 0.1) is 0 Å². The molecule has 144 valence electrons. The Bertz CT molecular complexity index is 817. The molecule has 27 heavy (non-hydrogen) atoms. The first kappa shape index (κ1) is 18.8. The molecule has 1 aromatic carbocycles. The summed E-state index contributed by atoms with van der Waals surface area (Å²) in [5, 5.41) is 8.98. The third kappa shape index (κ3) is 5.22. The molecular weight excluding hydrogens is 350 g/mol. The maximum atomic E-state index is 12.1. The molecule has 2 N–H and O–H groups in total. The van der Waals surface area contributed by atoms with Crippen LogP contribution in [0.3, 0.4) is 0 Å². The number of aromatic nitrogens is 1. The minimum absolute atomic E-state index is 0.175. The summed E-state index contributed by atoms with van der Waals surface area (Å²) >= 11 is 0. The number of fused-ring (bicyclic) bond motifs is 1. The fraction of sp³-hybridized carbons (Fsp3) is 0.421. The molecule has 2 heterocycles. The SMILES string of the molecule is Cc1cc(NC(=O)[C@@H](C)NC(=O)CCCc2ccc3c(c2)OCCO3)no1. The average molecular weight is 373 g/mol. The first-order valence-electron chi connectivity index (χ1n) is 8.93. The minimum Gasteiger partial charge on any atom is -0.486 e. The lowest BCUT2D eigenvalue weighted by Gasteiger charge is -2.18. The summed E-state index contributed by atoms with van der Waals surface area (Å²) in [6.45, 7) is 4.47. The number of benzene rings is 1. The van der Waals surface area contributed by atoms with Gasteiger partial charge in [0.2, 0.25) is 11.8 Å². The molecule has 1 aliphatic heterocycles. The van der Waals surface area contributed by atoms with E-state index in [0.29, 0.717) is 37.6 Å². The summed E-state index contributed by atoms with van der Waals surface area (Å²) in [6.07, 6.45) is 1.74. The van der Waals surface area contributed by atoms with Crippen LogP contribution in [0.1, 0.15) is 31.1 Å². The van der Waals surface area contributed by atoms with Crippen molar-refractivity contribution in [1.29, 1.82) is 0 Å². The number of hydrogen-bond acceptors (Lipinski definition) is 6. The zero-order valence-electron chi connectivity index (χ0n) is 15.4. The van der Waals surface area contributed by atoms with Crippen molar-refractivity contribution < 1.29 is 23.6 Å². The number of amides is 2. The minimum atomic E-state index is -0.663. The van der Waals surface area contributed by atoms with E-state index in [0.717, 1.165) is 23.5 Å². The Morgan fingerprint density at radius 2 is 1.96 bits per heavy atom. The van der Waals surface area contributed by atoms with Gasteiger partial charge in [0, 0.05) is 12.5 Å². The van der Waals surface area contributed by atoms with E-state index in [-0.39, 0.29) is 11.8 Å². The fourth-order valence-corrected chi connectivity index (χ4v) is 2.74. The predicted molar refractivity (Wildman–Crippen MR) is 97.8 cm³/mol. The zero-order chi connectivity index (χ0) is 19.2. The lowest BCUT2D eigenvalue weighted by atomic mass is 10.1. The van der Waals surface area contributed by atoms with Crippen LogP contribution in [-0.2, 0) is 16.0 Å². The van der Waals surface area contributed by atoms with Crippen LogP contribution in [0.15, 0.2) is 28.8 Å². The highest BCUT2D eigenvalue weighted by Gasteiger charge is 2.17. The van der Waals surface area contributed by atoms with Crippen molar-refractivity contribution in [3.63, 3.8) is 0 Å². The molecular formula is C19H23N3O5. The Kier molecular flexibility index (Phi) is 5.95. The Balaban J connectivity index is 1.40. The van der Waals surface area contributed by atoms with Crippen LogP contribution in [0, 0.1) is 6.92 Å². The van der Waals surface area contributed by atoms with Crippen molar-refractivity contribution in [2.24, 2.45) is 0 Å². The van der Waals surface area contributed by atoms with E-state index in [2.05, 4.69) is 15.8 Å². The summed E-state index contributed by atoms with van der Waals surface area (Å²) < 4.78 is 15.9. The van der Waals surface area contributed by atoms with Gasteiger partial charge in [0.15, 0.2) is 17.3 Å². The number of anilines is 1. The second-order valence-electron chi connectivity index (χ2n) is 6.43. The van der Waals surface area contributed by atoms with Crippen molar-refractivity contribution in [3.8, 4) is 11.5 Å². The Morgan fingerprint density at radius 3 is 2.70 bits per heavy atom. The quantitative estimate of drug-likeness (QED) is 0.771. The number of rotatable bonds is 7. The maximum absolute atomic E-state index is 12.1. The third-order valence-electron chi connectivity index (χ3n) is 4.13. The second-order valence-corrected chi connectivity index (χ2v) is 6.43. The topological polar surface area (TPSA) is 103 Å². The number of aryl methyl sites for hydroxylation is 2. The second kappa shape index (κ2) is 8.57. The highest BCUT2D eigenvalue weighted by atomic mass is 16.6. The first-order chi connectivity index (χ1) is 13.0. The number of nitrogens with zero attached hydrogens (tertiary/aromatic N) is 1. The molecule has 0 bridgehead atoms. The van der Waals surface area contributed by atoms with Crippen LogP contribution in [0.25, 0.3) is 0 Å². The number of carbonyl (C=O) groups excluding carboxylic acids is 2. The summed E-state index contributed by atoms with van der Waals surface area (Å²) in [7, 11) is 0. The molecule has 0 aliphatic carbocycles. The highest BCUT2D eigenvalue weighted by Crippen LogP contribution is 2.31. The van der Waals surface area contributed by atoms with Crippen LogP contribution < -0.4 is 20.1 Å². The van der Waals surface area contributed by atoms with Gasteiger partial charge in [-0.3, -0.25) is 9.59 Å². The van der Waals surface area contributed by atoms with Gasteiger partial charge in [0.25, 0.3) is 0 Å². The van der Waals surface area contributed by atoms with Crippen LogP contribution in [0.4, 0.5) is 5.82 Å². The van der Waals surface area contributed by atoms with E-state index in [1.165, 1.54) is 0 Å². The van der Waals surface area contributed by atoms with E-state index >= 15 is 0 Å². The van der Waals surface area contributed by atoms with E-state index < -0.39 is 6.04 Å². The number of ether oxygens (including phenoxy) is 2. The molecule has 2 amide bonds. The van der Waals surface area contributed by atoms with Gasteiger partial charge in [-0.25, -0.2) is 0 Å². The van der Waals surface area contributed by atoms with Crippen molar-refractivity contribution in [3.05, 3.63) is 35.6 Å². The fourth-order valence-electron chi connectivity index (χ4n) is 2.74. The summed E-state index contributed by atoms with van der Waals surface area (Å²) in [4.78, 5) is 24.1. The van der Waals surface area contributed by atoms with Crippen LogP contribution >= 0.6 is 0 Å². The Morgan fingerprint density at radius 1 is 1.19 bits per heavy atom. The molecule has 3 rings (SSSR count). The number of carbonyl (C=O) groups is 2. The molecule has 2 aromatic rings. The van der Waals surface area contributed by atoms with Gasteiger partial charge in [-0.15, -0.1) is 0 Å². The zero-order valence-corrected chi connectivity index (χ0v) is 15.4. The summed E-state index contributed by atoms with van der Waals surface area (Å²) in [6, 6.07) is 6.76. The standard InChI is InChI=1S/C19H23N3O5/c1-12-10-17(22-27-12)21-19(24)13(2)20-18(23)5-3-4-14-6-7-15-16(11-14)26-9-8-25-15/h6-7,10-11,13H,3-5,8-9H2,1-2H3,(H,20,23)(H,21,22,24)/t13-/m1/s1. The van der Waals surface area contributed by atoms with Gasteiger partial charge in [-0.1, -0.05) is 11.2 Å². The van der Waals surface area contributed by atoms with E-state index in [9.17, 15) is 9.59 Å².